The second-order valence-electron chi connectivity index (χ2n) is 11.3. The van der Waals surface area contributed by atoms with Crippen LogP contribution < -0.4 is 0 Å². The molecule has 0 aromatic carbocycles. The van der Waals surface area contributed by atoms with E-state index in [0.29, 0.717) is 0 Å². The molecule has 35 heavy (non-hydrogen) atoms. The van der Waals surface area contributed by atoms with E-state index in [4.69, 9.17) is 0 Å². The maximum Gasteiger partial charge on any atom is -0.0291 e. The third-order valence-corrected chi connectivity index (χ3v) is 10.1. The van der Waals surface area contributed by atoms with Crippen LogP contribution in [0.15, 0.2) is 11.9 Å². The monoisotopic (exact) mass is 509 g/mol. The van der Waals surface area contributed by atoms with Gasteiger partial charge in [-0.05, 0) is 38.0 Å². The Morgan fingerprint density at radius 1 is 0.343 bits per heavy atom. The molecule has 0 radical (unpaired) electrons. The number of allylic oxidation sites excluding steroid dienone is 1. The van der Waals surface area contributed by atoms with E-state index in [1.54, 1.807) is 0 Å². The minimum atomic E-state index is 0.167. The average molecular weight is 509 g/mol. The lowest BCUT2D eigenvalue weighted by Crippen LogP contribution is -1.91. The van der Waals surface area contributed by atoms with Crippen molar-refractivity contribution in [3.05, 3.63) is 11.9 Å². The van der Waals surface area contributed by atoms with Gasteiger partial charge in [0, 0.05) is 0 Å². The Hall–Kier alpha value is 0.170. The third-order valence-electron chi connectivity index (χ3n) is 7.64. The highest BCUT2D eigenvalue weighted by atomic mass is 31.1. The minimum absolute atomic E-state index is 0.167. The van der Waals surface area contributed by atoms with Gasteiger partial charge in [-0.3, -0.25) is 0 Å². The maximum atomic E-state index is 2.69. The van der Waals surface area contributed by atoms with Crippen LogP contribution in [0, 0.1) is 0 Å². The quantitative estimate of drug-likeness (QED) is 0.0668. The van der Waals surface area contributed by atoms with Crippen LogP contribution in [0.3, 0.4) is 0 Å². The topological polar surface area (TPSA) is 0 Å². The first-order valence-corrected chi connectivity index (χ1v) is 18.5. The molecule has 0 saturated carbocycles. The molecule has 0 heterocycles. The summed E-state index contributed by atoms with van der Waals surface area (Å²) in [5, 5.41) is 0. The summed E-state index contributed by atoms with van der Waals surface area (Å²) in [5.41, 5.74) is 0. The van der Waals surface area contributed by atoms with Crippen LogP contribution in [0.4, 0.5) is 0 Å². The molecule has 0 saturated heterocycles. The van der Waals surface area contributed by atoms with Gasteiger partial charge in [0.15, 0.2) is 0 Å². The number of rotatable bonds is 30. The van der Waals surface area contributed by atoms with E-state index in [9.17, 15) is 0 Å². The van der Waals surface area contributed by atoms with Gasteiger partial charge in [0.05, 0.1) is 0 Å². The van der Waals surface area contributed by atoms with Crippen LogP contribution in [0.5, 0.6) is 0 Å². The Balaban J connectivity index is 3.73. The Morgan fingerprint density at radius 3 is 0.971 bits per heavy atom. The molecular formula is C34H69P. The van der Waals surface area contributed by atoms with Crippen LogP contribution in [0.1, 0.15) is 194 Å². The van der Waals surface area contributed by atoms with E-state index >= 15 is 0 Å². The van der Waals surface area contributed by atoms with Crippen LogP contribution in [-0.2, 0) is 0 Å². The summed E-state index contributed by atoms with van der Waals surface area (Å²) in [7, 11) is 0.167. The van der Waals surface area contributed by atoms with E-state index in [1.807, 2.05) is 0 Å². The molecule has 0 nitrogen and oxygen atoms in total. The van der Waals surface area contributed by atoms with Crippen molar-refractivity contribution >= 4 is 7.92 Å². The molecule has 0 unspecified atom stereocenters. The Bertz CT molecular complexity index is 372. The van der Waals surface area contributed by atoms with Gasteiger partial charge in [0.25, 0.3) is 0 Å². The highest BCUT2D eigenvalue weighted by molar-refractivity contribution is 7.60. The molecule has 1 heteroatoms. The largest absolute Gasteiger partial charge is 0.0840 e. The van der Waals surface area contributed by atoms with E-state index < -0.39 is 0 Å². The van der Waals surface area contributed by atoms with Gasteiger partial charge >= 0.3 is 0 Å². The summed E-state index contributed by atoms with van der Waals surface area (Å²) < 4.78 is 0. The maximum absolute atomic E-state index is 2.69. The lowest BCUT2D eigenvalue weighted by Gasteiger charge is -2.14. The molecule has 0 bridgehead atoms. The van der Waals surface area contributed by atoms with E-state index in [-0.39, 0.29) is 7.92 Å². The van der Waals surface area contributed by atoms with Gasteiger partial charge in [-0.15, -0.1) is 0 Å². The van der Waals surface area contributed by atoms with Crippen molar-refractivity contribution in [2.45, 2.75) is 194 Å². The molecule has 0 aliphatic rings. The molecule has 210 valence electrons. The predicted molar refractivity (Wildman–Crippen MR) is 167 cm³/mol. The van der Waals surface area contributed by atoms with Gasteiger partial charge in [-0.25, -0.2) is 0 Å². The smallest absolute Gasteiger partial charge is 0.0291 e. The van der Waals surface area contributed by atoms with Crippen LogP contribution in [0.2, 0.25) is 0 Å². The summed E-state index contributed by atoms with van der Waals surface area (Å²) in [4.78, 5) is 0. The van der Waals surface area contributed by atoms with Crippen LogP contribution in [0.25, 0.3) is 0 Å². The first-order chi connectivity index (χ1) is 17.3. The fourth-order valence-electron chi connectivity index (χ4n) is 5.13. The van der Waals surface area contributed by atoms with Crippen LogP contribution >= 0.6 is 7.92 Å². The molecule has 0 rings (SSSR count). The number of unbranched alkanes of at least 4 members (excludes halogenated alkanes) is 24. The lowest BCUT2D eigenvalue weighted by molar-refractivity contribution is 0.536. The highest BCUT2D eigenvalue weighted by Gasteiger charge is 2.04. The lowest BCUT2D eigenvalue weighted by atomic mass is 10.0. The fourth-order valence-corrected chi connectivity index (χ4v) is 7.36. The molecule has 0 N–H and O–H groups in total. The zero-order chi connectivity index (χ0) is 25.5. The number of hydrogen-bond donors (Lipinski definition) is 0. The van der Waals surface area contributed by atoms with Crippen molar-refractivity contribution in [1.29, 1.82) is 0 Å². The number of hydrogen-bond acceptors (Lipinski definition) is 0. The van der Waals surface area contributed by atoms with Crippen molar-refractivity contribution in [3.63, 3.8) is 0 Å². The standard InChI is InChI=1S/C34H69P/c1-4-7-10-13-16-17-18-19-20-21-22-23-24-25-28-31-34-35(32-29-26-14-11-8-5-2)33-30-27-15-12-9-6-3/h31,34H,4-30,32-33H2,1-3H3. The first-order valence-electron chi connectivity index (χ1n) is 16.8. The molecular weight excluding hydrogens is 439 g/mol. The fraction of sp³-hybridized carbons (Fsp3) is 0.941. The van der Waals surface area contributed by atoms with E-state index in [0.717, 1.165) is 0 Å². The van der Waals surface area contributed by atoms with Crippen molar-refractivity contribution in [2.24, 2.45) is 0 Å². The summed E-state index contributed by atoms with van der Waals surface area (Å²) in [5.74, 6) is 2.69. The van der Waals surface area contributed by atoms with E-state index in [1.165, 1.54) is 186 Å². The summed E-state index contributed by atoms with van der Waals surface area (Å²) in [6.07, 6.45) is 44.8. The minimum Gasteiger partial charge on any atom is -0.0840 e. The zero-order valence-electron chi connectivity index (χ0n) is 25.1. The first kappa shape index (κ1) is 35.2. The predicted octanol–water partition coefficient (Wildman–Crippen LogP) is 13.6. The SMILES string of the molecule is CCCCCCCCCCCCCCCCC=CP(CCCCCCCC)CCCCCCCC. The highest BCUT2D eigenvalue weighted by Crippen LogP contribution is 2.40. The van der Waals surface area contributed by atoms with Gasteiger partial charge < -0.3 is 0 Å². The molecule has 0 atom stereocenters. The van der Waals surface area contributed by atoms with Gasteiger partial charge in [0.2, 0.25) is 0 Å². The molecule has 0 aliphatic heterocycles. The molecule has 0 spiro atoms. The van der Waals surface area contributed by atoms with Crippen molar-refractivity contribution in [3.8, 4) is 0 Å². The van der Waals surface area contributed by atoms with Crippen molar-refractivity contribution in [2.75, 3.05) is 12.3 Å². The summed E-state index contributed by atoms with van der Waals surface area (Å²) in [6, 6.07) is 0. The van der Waals surface area contributed by atoms with Crippen molar-refractivity contribution in [1.82, 2.24) is 0 Å². The van der Waals surface area contributed by atoms with E-state index in [2.05, 4.69) is 32.7 Å². The second kappa shape index (κ2) is 32.2. The van der Waals surface area contributed by atoms with Gasteiger partial charge in [-0.2, -0.15) is 0 Å². The summed E-state index contributed by atoms with van der Waals surface area (Å²) >= 11 is 0. The molecule has 0 aromatic rings. The van der Waals surface area contributed by atoms with Gasteiger partial charge in [0.1, 0.15) is 0 Å². The molecule has 0 amide bonds. The Morgan fingerprint density at radius 2 is 0.629 bits per heavy atom. The third kappa shape index (κ3) is 30.3. The van der Waals surface area contributed by atoms with Crippen molar-refractivity contribution < 1.29 is 0 Å². The molecule has 0 aliphatic carbocycles. The van der Waals surface area contributed by atoms with Crippen LogP contribution in [-0.4, -0.2) is 12.3 Å². The Kier molecular flexibility index (Phi) is 32.4. The second-order valence-corrected chi connectivity index (χ2v) is 13.7. The van der Waals surface area contributed by atoms with Gasteiger partial charge in [-0.1, -0.05) is 188 Å². The zero-order valence-corrected chi connectivity index (χ0v) is 26.0. The normalized spacial score (nSPS) is 11.9. The molecule has 0 fully saturated rings. The summed E-state index contributed by atoms with van der Waals surface area (Å²) in [6.45, 7) is 6.95. The molecule has 0 aromatic heterocycles. The average Bonchev–Trinajstić information content (AvgIpc) is 2.87. The Labute approximate surface area is 226 Å².